The summed E-state index contributed by atoms with van der Waals surface area (Å²) < 4.78 is 25.6. The second-order valence-corrected chi connectivity index (χ2v) is 6.70. The molecule has 1 saturated heterocycles. The average molecular weight is 348 g/mol. The number of aromatic amines is 1. The van der Waals surface area contributed by atoms with Crippen molar-refractivity contribution in [3.63, 3.8) is 0 Å². The predicted octanol–water partition coefficient (Wildman–Crippen LogP) is 3.60. The Balaban J connectivity index is 1.74. The maximum absolute atomic E-state index is 13.1. The molecule has 1 aliphatic heterocycles. The van der Waals surface area contributed by atoms with Crippen molar-refractivity contribution in [3.8, 4) is 0 Å². The van der Waals surface area contributed by atoms with Gasteiger partial charge in [0.2, 0.25) is 0 Å². The lowest BCUT2D eigenvalue weighted by Gasteiger charge is -2.35. The molecule has 0 unspecified atom stereocenters. The molecular formula is C17H18F2N4O2. The van der Waals surface area contributed by atoms with E-state index in [1.165, 1.54) is 11.0 Å². The Morgan fingerprint density at radius 2 is 1.92 bits per heavy atom. The number of aromatic nitrogens is 2. The van der Waals surface area contributed by atoms with Crippen molar-refractivity contribution in [3.05, 3.63) is 24.0 Å². The van der Waals surface area contributed by atoms with E-state index in [0.29, 0.717) is 29.6 Å². The third-order valence-electron chi connectivity index (χ3n) is 5.35. The van der Waals surface area contributed by atoms with Crippen LogP contribution in [0.4, 0.5) is 19.3 Å². The Morgan fingerprint density at radius 1 is 1.20 bits per heavy atom. The number of fused-ring (bicyclic) bond motifs is 1. The summed E-state index contributed by atoms with van der Waals surface area (Å²) in [5.41, 5.74) is 0.354. The molecule has 1 aromatic carbocycles. The fraction of sp³-hybridized carbons (Fsp3) is 0.471. The van der Waals surface area contributed by atoms with Crippen molar-refractivity contribution in [2.24, 2.45) is 0 Å². The zero-order chi connectivity index (χ0) is 17.8. The van der Waals surface area contributed by atoms with Crippen molar-refractivity contribution in [2.75, 3.05) is 11.9 Å². The molecule has 0 radical (unpaired) electrons. The molecule has 132 valence electrons. The number of imidazole rings is 1. The number of likely N-dealkylation sites (N-methyl/N-ethyl adjacent to an activating group) is 1. The molecule has 2 heterocycles. The van der Waals surface area contributed by atoms with E-state index in [4.69, 9.17) is 0 Å². The van der Waals surface area contributed by atoms with Gasteiger partial charge in [-0.05, 0) is 31.0 Å². The number of nitrogens with one attached hydrogen (secondary N) is 1. The van der Waals surface area contributed by atoms with E-state index in [1.807, 2.05) is 0 Å². The van der Waals surface area contributed by atoms with Crippen LogP contribution in [0.2, 0.25) is 0 Å². The number of H-pyrrole nitrogens is 1. The minimum absolute atomic E-state index is 0.229. The lowest BCUT2D eigenvalue weighted by molar-refractivity contribution is -0.126. The van der Waals surface area contributed by atoms with Gasteiger partial charge < -0.3 is 9.88 Å². The van der Waals surface area contributed by atoms with E-state index in [2.05, 4.69) is 9.97 Å². The number of imide groups is 1. The van der Waals surface area contributed by atoms with Crippen LogP contribution in [0.25, 0.3) is 11.0 Å². The normalized spacial score (nSPS) is 20.5. The summed E-state index contributed by atoms with van der Waals surface area (Å²) in [7, 11) is 1.66. The number of alkyl halides is 2. The maximum Gasteiger partial charge on any atom is 0.332 e. The first-order chi connectivity index (χ1) is 11.9. The number of amides is 3. The molecule has 6 nitrogen and oxygen atoms in total. The van der Waals surface area contributed by atoms with Gasteiger partial charge in [0.25, 0.3) is 12.3 Å². The summed E-state index contributed by atoms with van der Waals surface area (Å²) in [6.07, 6.45) is 1.50. The van der Waals surface area contributed by atoms with Gasteiger partial charge >= 0.3 is 6.03 Å². The lowest BCUT2D eigenvalue weighted by Crippen LogP contribution is -2.49. The molecule has 8 heteroatoms. The van der Waals surface area contributed by atoms with E-state index < -0.39 is 17.8 Å². The standard InChI is InChI=1S/C17H18F2N4O2/c1-22-16(25)23(15(24)17(22)7-3-2-4-8-17)10-5-6-11-12(9-10)21-14(20-11)13(18)19/h5-6,9,13H,2-4,7-8H2,1H3,(H,20,21). The summed E-state index contributed by atoms with van der Waals surface area (Å²) in [5.74, 6) is -0.653. The first-order valence-corrected chi connectivity index (χ1v) is 8.34. The Kier molecular flexibility index (Phi) is 3.52. The molecule has 2 fully saturated rings. The number of halogens is 2. The Labute approximate surface area is 142 Å². The lowest BCUT2D eigenvalue weighted by atomic mass is 9.80. The zero-order valence-corrected chi connectivity index (χ0v) is 13.8. The number of carbonyl (C=O) groups excluding carboxylic acids is 2. The van der Waals surface area contributed by atoms with Crippen LogP contribution in [0.3, 0.4) is 0 Å². The van der Waals surface area contributed by atoms with E-state index in [-0.39, 0.29) is 11.9 Å². The Hall–Kier alpha value is -2.51. The molecule has 0 bridgehead atoms. The number of hydrogen-bond acceptors (Lipinski definition) is 3. The van der Waals surface area contributed by atoms with Crippen molar-refractivity contribution in [1.29, 1.82) is 0 Å². The van der Waals surface area contributed by atoms with Crippen LogP contribution >= 0.6 is 0 Å². The summed E-state index contributed by atoms with van der Waals surface area (Å²) in [6, 6.07) is 4.27. The van der Waals surface area contributed by atoms with Crippen LogP contribution in [-0.2, 0) is 4.79 Å². The van der Waals surface area contributed by atoms with Gasteiger partial charge in [0.15, 0.2) is 5.82 Å². The van der Waals surface area contributed by atoms with Crippen molar-refractivity contribution >= 4 is 28.7 Å². The van der Waals surface area contributed by atoms with Crippen LogP contribution in [-0.4, -0.2) is 39.4 Å². The number of hydrogen-bond donors (Lipinski definition) is 1. The monoisotopic (exact) mass is 348 g/mol. The molecule has 2 aliphatic rings. The number of anilines is 1. The molecule has 0 atom stereocenters. The summed E-state index contributed by atoms with van der Waals surface area (Å²) in [6.45, 7) is 0. The highest BCUT2D eigenvalue weighted by Gasteiger charge is 2.56. The highest BCUT2D eigenvalue weighted by atomic mass is 19.3. The minimum Gasteiger partial charge on any atom is -0.337 e. The molecular weight excluding hydrogens is 330 g/mol. The number of nitrogens with zero attached hydrogens (tertiary/aromatic N) is 3. The fourth-order valence-corrected chi connectivity index (χ4v) is 3.94. The van der Waals surface area contributed by atoms with Crippen molar-refractivity contribution in [2.45, 2.75) is 44.1 Å². The van der Waals surface area contributed by atoms with Gasteiger partial charge in [-0.1, -0.05) is 19.3 Å². The molecule has 1 aromatic heterocycles. The molecule has 1 N–H and O–H groups in total. The predicted molar refractivity (Wildman–Crippen MR) is 87.5 cm³/mol. The second kappa shape index (κ2) is 5.50. The van der Waals surface area contributed by atoms with Crippen LogP contribution in [0.5, 0.6) is 0 Å². The minimum atomic E-state index is -2.71. The van der Waals surface area contributed by atoms with Gasteiger partial charge in [-0.15, -0.1) is 0 Å². The quantitative estimate of drug-likeness (QED) is 0.843. The smallest absolute Gasteiger partial charge is 0.332 e. The topological polar surface area (TPSA) is 69.3 Å². The van der Waals surface area contributed by atoms with Crippen LogP contribution < -0.4 is 4.90 Å². The van der Waals surface area contributed by atoms with Crippen molar-refractivity contribution < 1.29 is 18.4 Å². The number of rotatable bonds is 2. The molecule has 1 aliphatic carbocycles. The Morgan fingerprint density at radius 3 is 2.60 bits per heavy atom. The van der Waals surface area contributed by atoms with Gasteiger partial charge in [-0.2, -0.15) is 0 Å². The Bertz CT molecular complexity index is 857. The number of carbonyl (C=O) groups is 2. The number of benzene rings is 1. The second-order valence-electron chi connectivity index (χ2n) is 6.70. The molecule has 4 rings (SSSR count). The molecule has 1 spiro atoms. The van der Waals surface area contributed by atoms with Gasteiger partial charge in [0.1, 0.15) is 5.54 Å². The van der Waals surface area contributed by atoms with Gasteiger partial charge in [-0.25, -0.2) is 23.5 Å². The van der Waals surface area contributed by atoms with E-state index in [0.717, 1.165) is 24.2 Å². The van der Waals surface area contributed by atoms with E-state index >= 15 is 0 Å². The molecule has 2 aromatic rings. The van der Waals surface area contributed by atoms with E-state index in [9.17, 15) is 18.4 Å². The third kappa shape index (κ3) is 2.23. The van der Waals surface area contributed by atoms with Crippen LogP contribution in [0, 0.1) is 0 Å². The first kappa shape index (κ1) is 16.0. The molecule has 1 saturated carbocycles. The van der Waals surface area contributed by atoms with Crippen LogP contribution in [0.1, 0.15) is 44.4 Å². The largest absolute Gasteiger partial charge is 0.337 e. The highest BCUT2D eigenvalue weighted by molar-refractivity contribution is 6.23. The van der Waals surface area contributed by atoms with E-state index in [1.54, 1.807) is 19.2 Å². The average Bonchev–Trinajstić information content (AvgIpc) is 3.11. The molecule has 3 amide bonds. The zero-order valence-electron chi connectivity index (χ0n) is 13.8. The van der Waals surface area contributed by atoms with Gasteiger partial charge in [-0.3, -0.25) is 4.79 Å². The SMILES string of the molecule is CN1C(=O)N(c2ccc3nc(C(F)F)[nH]c3c2)C(=O)C12CCCCC2. The maximum atomic E-state index is 13.1. The van der Waals surface area contributed by atoms with Gasteiger partial charge in [0, 0.05) is 7.05 Å². The summed E-state index contributed by atoms with van der Waals surface area (Å²) in [4.78, 5) is 34.9. The first-order valence-electron chi connectivity index (χ1n) is 8.34. The van der Waals surface area contributed by atoms with Gasteiger partial charge in [0.05, 0.1) is 16.7 Å². The molecule has 25 heavy (non-hydrogen) atoms. The van der Waals surface area contributed by atoms with Crippen molar-refractivity contribution in [1.82, 2.24) is 14.9 Å². The number of urea groups is 1. The van der Waals surface area contributed by atoms with Crippen LogP contribution in [0.15, 0.2) is 18.2 Å². The highest BCUT2D eigenvalue weighted by Crippen LogP contribution is 2.41. The summed E-state index contributed by atoms with van der Waals surface area (Å²) in [5, 5.41) is 0. The third-order valence-corrected chi connectivity index (χ3v) is 5.35. The fourth-order valence-electron chi connectivity index (χ4n) is 3.94. The summed E-state index contributed by atoms with van der Waals surface area (Å²) >= 11 is 0.